The van der Waals surface area contributed by atoms with Crippen LogP contribution in [-0.4, -0.2) is 49.9 Å². The minimum Gasteiger partial charge on any atom is -0.292 e. The number of Topliss-reactive ketones (excluding diaryl/α,β-unsaturated/α-hetero) is 1. The molecule has 1 aliphatic rings. The van der Waals surface area contributed by atoms with Crippen molar-refractivity contribution in [3.05, 3.63) is 111 Å². The van der Waals surface area contributed by atoms with Crippen molar-refractivity contribution in [3.63, 3.8) is 0 Å². The van der Waals surface area contributed by atoms with E-state index in [9.17, 15) is 39.4 Å². The molecule has 0 aliphatic carbocycles. The van der Waals surface area contributed by atoms with Crippen molar-refractivity contribution in [1.82, 2.24) is 10.0 Å². The first kappa shape index (κ1) is 27.9. The lowest BCUT2D eigenvalue weighted by Gasteiger charge is -2.29. The summed E-state index contributed by atoms with van der Waals surface area (Å²) >= 11 is 24.4. The first-order chi connectivity index (χ1) is 18.4. The van der Waals surface area contributed by atoms with Crippen LogP contribution in [0.25, 0.3) is 0 Å². The summed E-state index contributed by atoms with van der Waals surface area (Å²) in [4.78, 5) is 74.8. The molecule has 0 fully saturated rings. The Morgan fingerprint density at radius 2 is 1.36 bits per heavy atom. The lowest BCUT2D eigenvalue weighted by atomic mass is 10.1. The Bertz CT molecular complexity index is 1600. The predicted molar refractivity (Wildman–Crippen MR) is 139 cm³/mol. The summed E-state index contributed by atoms with van der Waals surface area (Å²) in [6.07, 6.45) is 0. The van der Waals surface area contributed by atoms with Crippen molar-refractivity contribution >= 4 is 81.3 Å². The third-order valence-electron chi connectivity index (χ3n) is 5.56. The van der Waals surface area contributed by atoms with E-state index in [0.717, 1.165) is 24.3 Å². The number of hydrogen-bond acceptors (Lipinski definition) is 8. The van der Waals surface area contributed by atoms with E-state index in [1.54, 1.807) is 0 Å². The minimum absolute atomic E-state index is 0.239. The van der Waals surface area contributed by atoms with E-state index in [4.69, 9.17) is 46.4 Å². The molecule has 3 amide bonds. The zero-order valence-corrected chi connectivity index (χ0v) is 21.9. The highest BCUT2D eigenvalue weighted by Crippen LogP contribution is 2.45. The van der Waals surface area contributed by atoms with Gasteiger partial charge in [-0.25, -0.2) is 5.01 Å². The number of halogens is 4. The van der Waals surface area contributed by atoms with Gasteiger partial charge in [0.15, 0.2) is 5.78 Å². The van der Waals surface area contributed by atoms with Crippen LogP contribution < -0.4 is 0 Å². The number of rotatable bonds is 7. The largest absolute Gasteiger partial charge is 0.292 e. The van der Waals surface area contributed by atoms with E-state index in [1.807, 2.05) is 0 Å². The van der Waals surface area contributed by atoms with Gasteiger partial charge in [-0.1, -0.05) is 70.7 Å². The molecule has 0 spiro atoms. The van der Waals surface area contributed by atoms with Gasteiger partial charge in [-0.3, -0.25) is 39.4 Å². The SMILES string of the molecule is O=C(CN(C(=O)c1ccccc1[N+](=O)[O-])N1C(=O)c2c(Cl)c(Cl)c(Cl)c(Cl)c2C1=O)c1cccc([N+](=O)[O-])c1. The molecule has 3 aromatic carbocycles. The highest BCUT2D eigenvalue weighted by molar-refractivity contribution is 6.55. The maximum atomic E-state index is 13.6. The first-order valence-electron chi connectivity index (χ1n) is 10.4. The summed E-state index contributed by atoms with van der Waals surface area (Å²) < 4.78 is 0. The van der Waals surface area contributed by atoms with Gasteiger partial charge in [0.05, 0.1) is 41.1 Å². The maximum Gasteiger partial charge on any atom is 0.282 e. The molecule has 1 heterocycles. The average molecular weight is 612 g/mol. The lowest BCUT2D eigenvalue weighted by Crippen LogP contribution is -2.51. The van der Waals surface area contributed by atoms with Crippen LogP contribution in [0.1, 0.15) is 41.4 Å². The van der Waals surface area contributed by atoms with Crippen LogP contribution in [0.4, 0.5) is 11.4 Å². The second-order valence-corrected chi connectivity index (χ2v) is 9.31. The second-order valence-electron chi connectivity index (χ2n) is 7.80. The predicted octanol–water partition coefficient (Wildman–Crippen LogP) is 5.65. The van der Waals surface area contributed by atoms with Crippen LogP contribution in [0.3, 0.4) is 0 Å². The number of ketones is 1. The van der Waals surface area contributed by atoms with Gasteiger partial charge < -0.3 is 0 Å². The number of nitrogens with zero attached hydrogens (tertiary/aromatic N) is 4. The number of carbonyl (C=O) groups excluding carboxylic acids is 4. The maximum absolute atomic E-state index is 13.6. The van der Waals surface area contributed by atoms with Crippen LogP contribution in [0.2, 0.25) is 20.1 Å². The third-order valence-corrected chi connectivity index (χ3v) is 7.36. The summed E-state index contributed by atoms with van der Waals surface area (Å²) in [7, 11) is 0. The Labute approximate surface area is 237 Å². The molecule has 16 heteroatoms. The molecule has 0 saturated heterocycles. The molecule has 0 unspecified atom stereocenters. The van der Waals surface area contributed by atoms with Gasteiger partial charge in [0.25, 0.3) is 29.1 Å². The van der Waals surface area contributed by atoms with Gasteiger partial charge in [0.2, 0.25) is 0 Å². The molecule has 3 aromatic rings. The Morgan fingerprint density at radius 3 is 1.90 bits per heavy atom. The number of amides is 3. The van der Waals surface area contributed by atoms with Crippen molar-refractivity contribution in [2.75, 3.05) is 6.54 Å². The van der Waals surface area contributed by atoms with Crippen molar-refractivity contribution in [1.29, 1.82) is 0 Å². The van der Waals surface area contributed by atoms with E-state index < -0.39 is 78.0 Å². The van der Waals surface area contributed by atoms with Gasteiger partial charge in [-0.15, -0.1) is 0 Å². The number of benzene rings is 3. The molecule has 0 bridgehead atoms. The van der Waals surface area contributed by atoms with Crippen molar-refractivity contribution in [2.45, 2.75) is 0 Å². The number of fused-ring (bicyclic) bond motifs is 1. The smallest absolute Gasteiger partial charge is 0.282 e. The highest BCUT2D eigenvalue weighted by Gasteiger charge is 2.47. The monoisotopic (exact) mass is 610 g/mol. The molecule has 0 saturated carbocycles. The summed E-state index contributed by atoms with van der Waals surface area (Å²) in [6, 6.07) is 9.08. The second kappa shape index (κ2) is 10.6. The Balaban J connectivity index is 1.87. The molecule has 0 radical (unpaired) electrons. The molecular weight excluding hydrogens is 602 g/mol. The van der Waals surface area contributed by atoms with Crippen LogP contribution in [0.15, 0.2) is 48.5 Å². The number of nitro benzene ring substituents is 2. The van der Waals surface area contributed by atoms with Crippen LogP contribution in [0.5, 0.6) is 0 Å². The quantitative estimate of drug-likeness (QED) is 0.0826. The number of non-ortho nitro benzene ring substituents is 1. The topological polar surface area (TPSA) is 161 Å². The fourth-order valence-electron chi connectivity index (χ4n) is 3.76. The van der Waals surface area contributed by atoms with Gasteiger partial charge >= 0.3 is 0 Å². The molecule has 39 heavy (non-hydrogen) atoms. The van der Waals surface area contributed by atoms with Gasteiger partial charge in [0, 0.05) is 23.8 Å². The average Bonchev–Trinajstić information content (AvgIpc) is 3.18. The minimum atomic E-state index is -1.29. The standard InChI is InChI=1S/C23H10Cl4N4O8/c24-17-15-16(18(25)20(27)19(17)26)23(35)29(22(15)34)28(21(33)12-6-1-2-7-13(12)31(38)39)9-14(32)10-4-3-5-11(8-10)30(36)37/h1-8H,9H2. The number of nitro groups is 2. The highest BCUT2D eigenvalue weighted by atomic mass is 35.5. The summed E-state index contributed by atoms with van der Waals surface area (Å²) in [6.45, 7) is -1.05. The number of imide groups is 1. The zero-order chi connectivity index (χ0) is 28.8. The molecule has 198 valence electrons. The van der Waals surface area contributed by atoms with E-state index in [-0.39, 0.29) is 20.6 Å². The Kier molecular flexibility index (Phi) is 7.57. The van der Waals surface area contributed by atoms with Crippen LogP contribution in [-0.2, 0) is 0 Å². The van der Waals surface area contributed by atoms with Gasteiger partial charge in [-0.2, -0.15) is 5.01 Å². The summed E-state index contributed by atoms with van der Waals surface area (Å²) in [5.41, 5.74) is -2.97. The molecule has 0 N–H and O–H groups in total. The molecule has 0 aromatic heterocycles. The number of hydrazine groups is 1. The number of para-hydroxylation sites is 1. The van der Waals surface area contributed by atoms with Gasteiger partial charge in [-0.05, 0) is 6.07 Å². The van der Waals surface area contributed by atoms with Crippen molar-refractivity contribution in [3.8, 4) is 0 Å². The molecule has 4 rings (SSSR count). The molecule has 12 nitrogen and oxygen atoms in total. The van der Waals surface area contributed by atoms with E-state index in [0.29, 0.717) is 5.01 Å². The fraction of sp³-hybridized carbons (Fsp3) is 0.0435. The molecular formula is C23H10Cl4N4O8. The van der Waals surface area contributed by atoms with Crippen molar-refractivity contribution in [2.24, 2.45) is 0 Å². The first-order valence-corrected chi connectivity index (χ1v) is 12.0. The van der Waals surface area contributed by atoms with E-state index >= 15 is 0 Å². The van der Waals surface area contributed by atoms with E-state index in [1.165, 1.54) is 24.3 Å². The normalized spacial score (nSPS) is 12.4. The lowest BCUT2D eigenvalue weighted by molar-refractivity contribution is -0.385. The Hall–Kier alpha value is -4.10. The van der Waals surface area contributed by atoms with Crippen molar-refractivity contribution < 1.29 is 29.0 Å². The number of hydrogen-bond donors (Lipinski definition) is 0. The summed E-state index contributed by atoms with van der Waals surface area (Å²) in [5.74, 6) is -4.69. The van der Waals surface area contributed by atoms with E-state index in [2.05, 4.69) is 0 Å². The molecule has 0 atom stereocenters. The van der Waals surface area contributed by atoms with Gasteiger partial charge in [0.1, 0.15) is 12.1 Å². The number of carbonyl (C=O) groups is 4. The zero-order valence-electron chi connectivity index (χ0n) is 18.9. The Morgan fingerprint density at radius 1 is 0.795 bits per heavy atom. The molecule has 1 aliphatic heterocycles. The van der Waals surface area contributed by atoms with Crippen LogP contribution >= 0.6 is 46.4 Å². The summed E-state index contributed by atoms with van der Waals surface area (Å²) in [5, 5.41) is 21.7. The van der Waals surface area contributed by atoms with Crippen LogP contribution in [0, 0.1) is 20.2 Å². The fourth-order valence-corrected chi connectivity index (χ4v) is 4.78. The third kappa shape index (κ3) is 4.79.